The van der Waals surface area contributed by atoms with Crippen molar-refractivity contribution in [2.45, 2.75) is 6.42 Å². The third-order valence-electron chi connectivity index (χ3n) is 2.63. The Labute approximate surface area is 101 Å². The van der Waals surface area contributed by atoms with Gasteiger partial charge in [-0.15, -0.1) is 0 Å². The molecule has 0 N–H and O–H groups in total. The summed E-state index contributed by atoms with van der Waals surface area (Å²) in [6.45, 7) is 0. The molecule has 86 valence electrons. The third kappa shape index (κ3) is 2.94. The lowest BCUT2D eigenvalue weighted by atomic mass is 10.0. The number of rotatable bonds is 3. The van der Waals surface area contributed by atoms with Crippen LogP contribution in [0.3, 0.4) is 0 Å². The van der Waals surface area contributed by atoms with Gasteiger partial charge in [-0.1, -0.05) is 42.5 Å². The number of benzene rings is 2. The van der Waals surface area contributed by atoms with E-state index in [-0.39, 0.29) is 5.97 Å². The molecule has 0 atom stereocenters. The quantitative estimate of drug-likeness (QED) is 0.752. The molecule has 2 rings (SSSR count). The van der Waals surface area contributed by atoms with Crippen LogP contribution < -0.4 is 0 Å². The first-order valence-electron chi connectivity index (χ1n) is 5.51. The van der Waals surface area contributed by atoms with Gasteiger partial charge in [-0.25, -0.2) is 4.79 Å². The van der Waals surface area contributed by atoms with Crippen LogP contribution in [0.1, 0.15) is 21.5 Å². The van der Waals surface area contributed by atoms with E-state index in [9.17, 15) is 4.79 Å². The summed E-state index contributed by atoms with van der Waals surface area (Å²) in [4.78, 5) is 11.3. The van der Waals surface area contributed by atoms with Gasteiger partial charge < -0.3 is 4.74 Å². The Morgan fingerprint density at radius 3 is 2.12 bits per heavy atom. The number of carbonyl (C=O) groups excluding carboxylic acids is 1. The first kappa shape index (κ1) is 11.4. The van der Waals surface area contributed by atoms with E-state index in [1.807, 2.05) is 30.3 Å². The summed E-state index contributed by atoms with van der Waals surface area (Å²) in [6.07, 6.45) is 0.877. The number of ether oxygens (including phenoxy) is 1. The van der Waals surface area contributed by atoms with Gasteiger partial charge in [0.25, 0.3) is 0 Å². The van der Waals surface area contributed by atoms with Crippen molar-refractivity contribution in [3.8, 4) is 0 Å². The molecular formula is C15H14O2. The van der Waals surface area contributed by atoms with Crippen molar-refractivity contribution in [2.75, 3.05) is 7.11 Å². The lowest BCUT2D eigenvalue weighted by Gasteiger charge is -2.03. The number of methoxy groups -OCH3 is 1. The van der Waals surface area contributed by atoms with Crippen LogP contribution in [0.25, 0.3) is 0 Å². The largest absolute Gasteiger partial charge is 0.465 e. The number of hydrogen-bond donors (Lipinski definition) is 0. The normalized spacial score (nSPS) is 9.94. The summed E-state index contributed by atoms with van der Waals surface area (Å²) >= 11 is 0. The van der Waals surface area contributed by atoms with Crippen molar-refractivity contribution in [1.29, 1.82) is 0 Å². The number of hydrogen-bond acceptors (Lipinski definition) is 2. The monoisotopic (exact) mass is 226 g/mol. The second-order valence-electron chi connectivity index (χ2n) is 3.85. The van der Waals surface area contributed by atoms with E-state index in [0.29, 0.717) is 5.56 Å². The summed E-state index contributed by atoms with van der Waals surface area (Å²) in [5, 5.41) is 0. The Hall–Kier alpha value is -2.09. The smallest absolute Gasteiger partial charge is 0.337 e. The zero-order valence-corrected chi connectivity index (χ0v) is 9.72. The average Bonchev–Trinajstić information content (AvgIpc) is 2.40. The molecule has 0 saturated carbocycles. The Morgan fingerprint density at radius 2 is 1.53 bits per heavy atom. The van der Waals surface area contributed by atoms with Crippen molar-refractivity contribution in [3.05, 3.63) is 71.3 Å². The van der Waals surface area contributed by atoms with Crippen LogP contribution in [0.2, 0.25) is 0 Å². The Morgan fingerprint density at radius 1 is 0.941 bits per heavy atom. The van der Waals surface area contributed by atoms with Crippen molar-refractivity contribution >= 4 is 5.97 Å². The van der Waals surface area contributed by atoms with Gasteiger partial charge in [0.15, 0.2) is 0 Å². The van der Waals surface area contributed by atoms with Gasteiger partial charge in [0.05, 0.1) is 12.7 Å². The molecule has 0 saturated heterocycles. The third-order valence-corrected chi connectivity index (χ3v) is 2.63. The lowest BCUT2D eigenvalue weighted by molar-refractivity contribution is 0.0600. The molecule has 0 fully saturated rings. The Balaban J connectivity index is 2.11. The van der Waals surface area contributed by atoms with E-state index in [0.717, 1.165) is 6.42 Å². The fraction of sp³-hybridized carbons (Fsp3) is 0.133. The van der Waals surface area contributed by atoms with Gasteiger partial charge in [-0.05, 0) is 29.7 Å². The van der Waals surface area contributed by atoms with Crippen LogP contribution >= 0.6 is 0 Å². The molecule has 0 spiro atoms. The van der Waals surface area contributed by atoms with Crippen molar-refractivity contribution in [2.24, 2.45) is 0 Å². The molecule has 17 heavy (non-hydrogen) atoms. The standard InChI is InChI=1S/C15H14O2/c1-17-15(16)14-9-7-13(8-10-14)11-12-5-3-2-4-6-12/h2-10H,11H2,1H3. The molecule has 0 radical (unpaired) electrons. The van der Waals surface area contributed by atoms with Crippen LogP contribution in [-0.2, 0) is 11.2 Å². The summed E-state index contributed by atoms with van der Waals surface area (Å²) < 4.78 is 4.66. The fourth-order valence-electron chi connectivity index (χ4n) is 1.71. The SMILES string of the molecule is COC(=O)c1ccc(Cc2ccccc2)cc1. The van der Waals surface area contributed by atoms with E-state index in [4.69, 9.17) is 0 Å². The zero-order valence-electron chi connectivity index (χ0n) is 9.72. The van der Waals surface area contributed by atoms with Crippen molar-refractivity contribution in [3.63, 3.8) is 0 Å². The van der Waals surface area contributed by atoms with Crippen LogP contribution in [0.4, 0.5) is 0 Å². The maximum atomic E-state index is 11.3. The number of esters is 1. The molecule has 2 nitrogen and oxygen atoms in total. The molecule has 2 aromatic rings. The average molecular weight is 226 g/mol. The van der Waals surface area contributed by atoms with Crippen molar-refractivity contribution < 1.29 is 9.53 Å². The van der Waals surface area contributed by atoms with Crippen LogP contribution in [0, 0.1) is 0 Å². The maximum absolute atomic E-state index is 11.3. The van der Waals surface area contributed by atoms with Gasteiger partial charge in [-0.2, -0.15) is 0 Å². The minimum Gasteiger partial charge on any atom is -0.465 e. The van der Waals surface area contributed by atoms with Gasteiger partial charge in [0, 0.05) is 0 Å². The van der Waals surface area contributed by atoms with Gasteiger partial charge in [0.1, 0.15) is 0 Å². The summed E-state index contributed by atoms with van der Waals surface area (Å²) in [5.41, 5.74) is 3.03. The Bertz CT molecular complexity index is 486. The molecule has 2 heteroatoms. The highest BCUT2D eigenvalue weighted by molar-refractivity contribution is 5.89. The highest BCUT2D eigenvalue weighted by Gasteiger charge is 2.04. The molecule has 0 aromatic heterocycles. The molecule has 0 unspecified atom stereocenters. The van der Waals surface area contributed by atoms with E-state index in [1.165, 1.54) is 18.2 Å². The molecule has 0 aliphatic rings. The van der Waals surface area contributed by atoms with E-state index >= 15 is 0 Å². The Kier molecular flexibility index (Phi) is 3.55. The van der Waals surface area contributed by atoms with Gasteiger partial charge in [-0.3, -0.25) is 0 Å². The maximum Gasteiger partial charge on any atom is 0.337 e. The van der Waals surface area contributed by atoms with Crippen LogP contribution in [-0.4, -0.2) is 13.1 Å². The van der Waals surface area contributed by atoms with E-state index in [2.05, 4.69) is 16.9 Å². The molecular weight excluding hydrogens is 212 g/mol. The molecule has 0 bridgehead atoms. The van der Waals surface area contributed by atoms with E-state index < -0.39 is 0 Å². The predicted molar refractivity (Wildman–Crippen MR) is 67.0 cm³/mol. The van der Waals surface area contributed by atoms with E-state index in [1.54, 1.807) is 12.1 Å². The van der Waals surface area contributed by atoms with Crippen molar-refractivity contribution in [1.82, 2.24) is 0 Å². The molecule has 0 aliphatic carbocycles. The summed E-state index contributed by atoms with van der Waals surface area (Å²) in [6, 6.07) is 17.7. The topological polar surface area (TPSA) is 26.3 Å². The first-order chi connectivity index (χ1) is 8.29. The molecule has 2 aromatic carbocycles. The summed E-state index contributed by atoms with van der Waals surface area (Å²) in [5.74, 6) is -0.295. The summed E-state index contributed by atoms with van der Waals surface area (Å²) in [7, 11) is 1.39. The van der Waals surface area contributed by atoms with Gasteiger partial charge >= 0.3 is 5.97 Å². The first-order valence-corrected chi connectivity index (χ1v) is 5.51. The molecule has 0 amide bonds. The minimum atomic E-state index is -0.295. The minimum absolute atomic E-state index is 0.295. The molecule has 0 heterocycles. The van der Waals surface area contributed by atoms with Crippen LogP contribution in [0.5, 0.6) is 0 Å². The fourth-order valence-corrected chi connectivity index (χ4v) is 1.71. The number of carbonyl (C=O) groups is 1. The second-order valence-corrected chi connectivity index (χ2v) is 3.85. The predicted octanol–water partition coefficient (Wildman–Crippen LogP) is 3.06. The highest BCUT2D eigenvalue weighted by Crippen LogP contribution is 2.11. The lowest BCUT2D eigenvalue weighted by Crippen LogP contribution is -2.00. The zero-order chi connectivity index (χ0) is 12.1. The molecule has 0 aliphatic heterocycles. The van der Waals surface area contributed by atoms with Gasteiger partial charge in [0.2, 0.25) is 0 Å². The van der Waals surface area contributed by atoms with Crippen LogP contribution in [0.15, 0.2) is 54.6 Å². The second kappa shape index (κ2) is 5.30. The highest BCUT2D eigenvalue weighted by atomic mass is 16.5.